The molecule has 0 fully saturated rings. The molecule has 122 valence electrons. The SMILES string of the molecule is Cc1ccc(C)c(S(=O)(=O)NCC(=O)Nc2ccc(C)nc2)c1. The number of aromatic nitrogens is 1. The smallest absolute Gasteiger partial charge is 0.241 e. The van der Waals surface area contributed by atoms with Gasteiger partial charge in [0.2, 0.25) is 15.9 Å². The van der Waals surface area contributed by atoms with Gasteiger partial charge in [0.25, 0.3) is 0 Å². The minimum atomic E-state index is -3.73. The van der Waals surface area contributed by atoms with Gasteiger partial charge in [-0.05, 0) is 50.1 Å². The second kappa shape index (κ2) is 6.89. The Morgan fingerprint density at radius 3 is 2.52 bits per heavy atom. The van der Waals surface area contributed by atoms with Crippen LogP contribution in [0, 0.1) is 20.8 Å². The van der Waals surface area contributed by atoms with Gasteiger partial charge < -0.3 is 5.32 Å². The molecule has 0 aliphatic carbocycles. The van der Waals surface area contributed by atoms with Crippen LogP contribution in [0.1, 0.15) is 16.8 Å². The van der Waals surface area contributed by atoms with Gasteiger partial charge in [-0.1, -0.05) is 12.1 Å². The van der Waals surface area contributed by atoms with E-state index in [0.717, 1.165) is 11.3 Å². The number of pyridine rings is 1. The largest absolute Gasteiger partial charge is 0.324 e. The minimum Gasteiger partial charge on any atom is -0.324 e. The molecule has 0 aliphatic rings. The van der Waals surface area contributed by atoms with Crippen molar-refractivity contribution in [1.29, 1.82) is 0 Å². The van der Waals surface area contributed by atoms with Gasteiger partial charge in [-0.15, -0.1) is 0 Å². The average molecular weight is 333 g/mol. The molecule has 7 heteroatoms. The summed E-state index contributed by atoms with van der Waals surface area (Å²) in [6.45, 7) is 5.02. The Morgan fingerprint density at radius 2 is 1.87 bits per heavy atom. The Labute approximate surface area is 136 Å². The topological polar surface area (TPSA) is 88.2 Å². The molecule has 1 heterocycles. The summed E-state index contributed by atoms with van der Waals surface area (Å²) in [5.41, 5.74) is 2.82. The molecule has 0 radical (unpaired) electrons. The first-order valence-electron chi connectivity index (χ1n) is 7.07. The van der Waals surface area contributed by atoms with Crippen LogP contribution >= 0.6 is 0 Å². The maximum atomic E-state index is 12.3. The Hall–Kier alpha value is -2.25. The summed E-state index contributed by atoms with van der Waals surface area (Å²) < 4.78 is 26.9. The van der Waals surface area contributed by atoms with Crippen molar-refractivity contribution >= 4 is 21.6 Å². The lowest BCUT2D eigenvalue weighted by molar-refractivity contribution is -0.115. The zero-order valence-electron chi connectivity index (χ0n) is 13.3. The molecule has 1 amide bonds. The first-order valence-corrected chi connectivity index (χ1v) is 8.56. The molecule has 1 aromatic carbocycles. The molecule has 0 saturated heterocycles. The first-order chi connectivity index (χ1) is 10.8. The number of nitrogens with zero attached hydrogens (tertiary/aromatic N) is 1. The van der Waals surface area contributed by atoms with E-state index >= 15 is 0 Å². The number of anilines is 1. The summed E-state index contributed by atoms with van der Waals surface area (Å²) >= 11 is 0. The van der Waals surface area contributed by atoms with Gasteiger partial charge in [-0.3, -0.25) is 9.78 Å². The molecule has 6 nitrogen and oxygen atoms in total. The van der Waals surface area contributed by atoms with Crippen LogP contribution in [0.5, 0.6) is 0 Å². The van der Waals surface area contributed by atoms with Crippen LogP contribution in [-0.4, -0.2) is 25.9 Å². The number of rotatable bonds is 5. The van der Waals surface area contributed by atoms with Crippen LogP contribution in [0.2, 0.25) is 0 Å². The molecule has 0 spiro atoms. The second-order valence-corrected chi connectivity index (χ2v) is 7.07. The van der Waals surface area contributed by atoms with Crippen molar-refractivity contribution in [3.8, 4) is 0 Å². The Balaban J connectivity index is 2.02. The predicted molar refractivity (Wildman–Crippen MR) is 88.7 cm³/mol. The van der Waals surface area contributed by atoms with Gasteiger partial charge in [0, 0.05) is 5.69 Å². The number of amides is 1. The Bertz CT molecular complexity index is 815. The fourth-order valence-electron chi connectivity index (χ4n) is 1.98. The molecule has 0 unspecified atom stereocenters. The van der Waals surface area contributed by atoms with E-state index in [0.29, 0.717) is 11.3 Å². The number of hydrogen-bond acceptors (Lipinski definition) is 4. The zero-order chi connectivity index (χ0) is 17.0. The molecule has 0 atom stereocenters. The lowest BCUT2D eigenvalue weighted by atomic mass is 10.2. The fraction of sp³-hybridized carbons (Fsp3) is 0.250. The van der Waals surface area contributed by atoms with Crippen molar-refractivity contribution in [3.63, 3.8) is 0 Å². The van der Waals surface area contributed by atoms with E-state index in [2.05, 4.69) is 15.0 Å². The summed E-state index contributed by atoms with van der Waals surface area (Å²) in [6.07, 6.45) is 1.52. The highest BCUT2D eigenvalue weighted by Crippen LogP contribution is 2.16. The lowest BCUT2D eigenvalue weighted by Crippen LogP contribution is -2.33. The van der Waals surface area contributed by atoms with E-state index in [-0.39, 0.29) is 11.4 Å². The summed E-state index contributed by atoms with van der Waals surface area (Å²) in [4.78, 5) is 16.1. The van der Waals surface area contributed by atoms with Gasteiger partial charge in [0.15, 0.2) is 0 Å². The van der Waals surface area contributed by atoms with Gasteiger partial charge in [0.05, 0.1) is 23.3 Å². The third-order valence-corrected chi connectivity index (χ3v) is 4.79. The van der Waals surface area contributed by atoms with Crippen molar-refractivity contribution in [2.24, 2.45) is 0 Å². The number of carbonyl (C=O) groups is 1. The van der Waals surface area contributed by atoms with Gasteiger partial charge >= 0.3 is 0 Å². The molecule has 2 rings (SSSR count). The number of carbonyl (C=O) groups excluding carboxylic acids is 1. The lowest BCUT2D eigenvalue weighted by Gasteiger charge is -2.10. The molecule has 0 saturated carbocycles. The predicted octanol–water partition coefficient (Wildman–Crippen LogP) is 1.92. The van der Waals surface area contributed by atoms with E-state index in [9.17, 15) is 13.2 Å². The zero-order valence-corrected chi connectivity index (χ0v) is 14.1. The normalized spacial score (nSPS) is 11.3. The maximum Gasteiger partial charge on any atom is 0.241 e. The number of benzene rings is 1. The van der Waals surface area contributed by atoms with Crippen molar-refractivity contribution in [1.82, 2.24) is 9.71 Å². The molecular formula is C16H19N3O3S. The summed E-state index contributed by atoms with van der Waals surface area (Å²) in [5.74, 6) is -0.454. The molecule has 0 bridgehead atoms. The van der Waals surface area contributed by atoms with E-state index in [1.807, 2.05) is 19.9 Å². The summed E-state index contributed by atoms with van der Waals surface area (Å²) in [5, 5.41) is 2.59. The maximum absolute atomic E-state index is 12.3. The van der Waals surface area contributed by atoms with Crippen LogP contribution in [0.25, 0.3) is 0 Å². The van der Waals surface area contributed by atoms with E-state index in [1.54, 1.807) is 31.2 Å². The minimum absolute atomic E-state index is 0.183. The van der Waals surface area contributed by atoms with Gasteiger partial charge in [0.1, 0.15) is 0 Å². The van der Waals surface area contributed by atoms with Crippen LogP contribution in [0.15, 0.2) is 41.4 Å². The summed E-state index contributed by atoms with van der Waals surface area (Å²) in [6, 6.07) is 8.63. The van der Waals surface area contributed by atoms with E-state index in [4.69, 9.17) is 0 Å². The fourth-order valence-corrected chi connectivity index (χ4v) is 3.29. The van der Waals surface area contributed by atoms with Crippen molar-refractivity contribution in [2.75, 3.05) is 11.9 Å². The standard InChI is InChI=1S/C16H19N3O3S/c1-11-4-5-12(2)15(8-11)23(21,22)18-10-16(20)19-14-7-6-13(3)17-9-14/h4-9,18H,10H2,1-3H3,(H,19,20). The second-order valence-electron chi connectivity index (χ2n) is 5.33. The van der Waals surface area contributed by atoms with Crippen molar-refractivity contribution < 1.29 is 13.2 Å². The highest BCUT2D eigenvalue weighted by molar-refractivity contribution is 7.89. The molecule has 23 heavy (non-hydrogen) atoms. The molecule has 1 aromatic heterocycles. The molecular weight excluding hydrogens is 314 g/mol. The number of aryl methyl sites for hydroxylation is 3. The first kappa shape index (κ1) is 17.1. The highest BCUT2D eigenvalue weighted by Gasteiger charge is 2.18. The Morgan fingerprint density at radius 1 is 1.13 bits per heavy atom. The van der Waals surface area contributed by atoms with E-state index in [1.165, 1.54) is 6.20 Å². The monoisotopic (exact) mass is 333 g/mol. The van der Waals surface area contributed by atoms with Crippen LogP contribution < -0.4 is 10.0 Å². The quantitative estimate of drug-likeness (QED) is 0.875. The van der Waals surface area contributed by atoms with Crippen LogP contribution in [0.4, 0.5) is 5.69 Å². The van der Waals surface area contributed by atoms with Crippen molar-refractivity contribution in [2.45, 2.75) is 25.7 Å². The average Bonchev–Trinajstić information content (AvgIpc) is 2.50. The van der Waals surface area contributed by atoms with Crippen LogP contribution in [0.3, 0.4) is 0 Å². The third kappa shape index (κ3) is 4.61. The summed E-state index contributed by atoms with van der Waals surface area (Å²) in [7, 11) is -3.73. The molecule has 2 N–H and O–H groups in total. The third-order valence-electron chi connectivity index (χ3n) is 3.25. The molecule has 0 aliphatic heterocycles. The Kier molecular flexibility index (Phi) is 5.12. The van der Waals surface area contributed by atoms with Crippen molar-refractivity contribution in [3.05, 3.63) is 53.3 Å². The van der Waals surface area contributed by atoms with Gasteiger partial charge in [-0.25, -0.2) is 13.1 Å². The highest BCUT2D eigenvalue weighted by atomic mass is 32.2. The number of sulfonamides is 1. The van der Waals surface area contributed by atoms with Gasteiger partial charge in [-0.2, -0.15) is 0 Å². The number of hydrogen-bond donors (Lipinski definition) is 2. The number of nitrogens with one attached hydrogen (secondary N) is 2. The van der Waals surface area contributed by atoms with E-state index < -0.39 is 15.9 Å². The molecule has 2 aromatic rings. The van der Waals surface area contributed by atoms with Crippen LogP contribution in [-0.2, 0) is 14.8 Å².